The minimum absolute atomic E-state index is 0.110. The Labute approximate surface area is 209 Å². The van der Waals surface area contributed by atoms with Crippen LogP contribution in [0.3, 0.4) is 0 Å². The van der Waals surface area contributed by atoms with Crippen molar-refractivity contribution in [1.29, 1.82) is 0 Å². The van der Waals surface area contributed by atoms with Crippen LogP contribution in [-0.2, 0) is 4.79 Å². The van der Waals surface area contributed by atoms with Crippen molar-refractivity contribution in [2.45, 2.75) is 13.0 Å². The van der Waals surface area contributed by atoms with Crippen molar-refractivity contribution in [2.24, 2.45) is 0 Å². The van der Waals surface area contributed by atoms with E-state index >= 15 is 0 Å². The first-order chi connectivity index (χ1) is 15.8. The molecule has 0 saturated carbocycles. The summed E-state index contributed by atoms with van der Waals surface area (Å²) < 4.78 is 11.4. The highest BCUT2D eigenvalue weighted by molar-refractivity contribution is 7.80. The van der Waals surface area contributed by atoms with Crippen LogP contribution in [0.2, 0.25) is 15.1 Å². The molecule has 10 heteroatoms. The van der Waals surface area contributed by atoms with Gasteiger partial charge in [0, 0.05) is 21.3 Å². The van der Waals surface area contributed by atoms with Gasteiger partial charge in [0.25, 0.3) is 5.91 Å². The van der Waals surface area contributed by atoms with Crippen LogP contribution in [0.15, 0.2) is 65.1 Å². The third kappa shape index (κ3) is 5.75. The maximum Gasteiger partial charge on any atom is 0.266 e. The highest BCUT2D eigenvalue weighted by atomic mass is 35.5. The number of anilines is 1. The fourth-order valence-electron chi connectivity index (χ4n) is 2.91. The Morgan fingerprint density at radius 2 is 1.76 bits per heavy atom. The Morgan fingerprint density at radius 3 is 2.48 bits per heavy atom. The topological polar surface area (TPSA) is 76.4 Å². The third-order valence-corrected chi connectivity index (χ3v) is 5.53. The molecule has 1 aromatic heterocycles. The van der Waals surface area contributed by atoms with Crippen molar-refractivity contribution in [3.05, 3.63) is 75.7 Å². The number of hydrogen-bond donors (Lipinski definition) is 2. The lowest BCUT2D eigenvalue weighted by molar-refractivity contribution is -0.125. The molecule has 0 saturated heterocycles. The van der Waals surface area contributed by atoms with Crippen molar-refractivity contribution in [3.63, 3.8) is 0 Å². The van der Waals surface area contributed by atoms with Crippen LogP contribution >= 0.6 is 47.0 Å². The van der Waals surface area contributed by atoms with Gasteiger partial charge in [-0.3, -0.25) is 10.1 Å². The van der Waals surface area contributed by atoms with Gasteiger partial charge in [0.15, 0.2) is 16.8 Å². The SMILES string of the molecule is CC(Oc1ccc(Cl)cc1Cl)C(=O)NC(=S)Nc1ccc2oc(-c3ccc(Cl)cc3)nc2c1. The van der Waals surface area contributed by atoms with E-state index in [4.69, 9.17) is 56.2 Å². The summed E-state index contributed by atoms with van der Waals surface area (Å²) in [6.45, 7) is 1.59. The monoisotopic (exact) mass is 519 g/mol. The van der Waals surface area contributed by atoms with Crippen LogP contribution in [0.1, 0.15) is 6.92 Å². The van der Waals surface area contributed by atoms with E-state index in [9.17, 15) is 4.79 Å². The predicted molar refractivity (Wildman–Crippen MR) is 135 cm³/mol. The molecule has 6 nitrogen and oxygen atoms in total. The minimum atomic E-state index is -0.844. The van der Waals surface area contributed by atoms with Gasteiger partial charge in [0.1, 0.15) is 11.3 Å². The number of ether oxygens (including phenoxy) is 1. The first-order valence-corrected chi connectivity index (χ1v) is 11.2. The average molecular weight is 521 g/mol. The van der Waals surface area contributed by atoms with Gasteiger partial charge in [-0.25, -0.2) is 4.98 Å². The van der Waals surface area contributed by atoms with Crippen LogP contribution in [0.25, 0.3) is 22.6 Å². The van der Waals surface area contributed by atoms with E-state index in [1.54, 1.807) is 49.4 Å². The van der Waals surface area contributed by atoms with Crippen molar-refractivity contribution in [1.82, 2.24) is 10.3 Å². The van der Waals surface area contributed by atoms with Crippen molar-refractivity contribution >= 4 is 74.8 Å². The number of nitrogens with zero attached hydrogens (tertiary/aromatic N) is 1. The Morgan fingerprint density at radius 1 is 1.03 bits per heavy atom. The Hall–Kier alpha value is -2.84. The fourth-order valence-corrected chi connectivity index (χ4v) is 3.71. The van der Waals surface area contributed by atoms with E-state index in [-0.39, 0.29) is 5.11 Å². The summed E-state index contributed by atoms with van der Waals surface area (Å²) in [6.07, 6.45) is -0.844. The van der Waals surface area contributed by atoms with Crippen LogP contribution in [0.5, 0.6) is 5.75 Å². The standard InChI is InChI=1S/C23H16Cl3N3O3S/c1-12(31-19-8-6-15(25)10-17(19)26)21(30)29-23(33)27-16-7-9-20-18(11-16)28-22(32-20)13-2-4-14(24)5-3-13/h2-12H,1H3,(H2,27,29,30,33). The van der Waals surface area contributed by atoms with E-state index in [2.05, 4.69) is 15.6 Å². The number of fused-ring (bicyclic) bond motifs is 1. The van der Waals surface area contributed by atoms with Crippen molar-refractivity contribution in [2.75, 3.05) is 5.32 Å². The zero-order valence-electron chi connectivity index (χ0n) is 17.1. The molecule has 4 aromatic rings. The number of amides is 1. The Kier molecular flexibility index (Phi) is 7.05. The molecule has 0 bridgehead atoms. The lowest BCUT2D eigenvalue weighted by Crippen LogP contribution is -2.42. The minimum Gasteiger partial charge on any atom is -0.479 e. The van der Waals surface area contributed by atoms with Gasteiger partial charge in [-0.2, -0.15) is 0 Å². The number of hydrogen-bond acceptors (Lipinski definition) is 5. The first kappa shape index (κ1) is 23.3. The van der Waals surface area contributed by atoms with Crippen molar-refractivity contribution in [3.8, 4) is 17.2 Å². The Balaban J connectivity index is 1.39. The molecule has 1 heterocycles. The van der Waals surface area contributed by atoms with Crippen LogP contribution in [-0.4, -0.2) is 22.1 Å². The number of halogens is 3. The number of nitrogens with one attached hydrogen (secondary N) is 2. The largest absolute Gasteiger partial charge is 0.479 e. The van der Waals surface area contributed by atoms with Gasteiger partial charge in [0.05, 0.1) is 5.02 Å². The van der Waals surface area contributed by atoms with E-state index in [0.717, 1.165) is 5.56 Å². The molecule has 33 heavy (non-hydrogen) atoms. The number of thiocarbonyl (C=S) groups is 1. The first-order valence-electron chi connectivity index (χ1n) is 9.68. The molecule has 3 aromatic carbocycles. The fraction of sp³-hybridized carbons (Fsp3) is 0.0870. The van der Waals surface area contributed by atoms with Crippen LogP contribution < -0.4 is 15.4 Å². The average Bonchev–Trinajstić information content (AvgIpc) is 3.19. The van der Waals surface area contributed by atoms with Crippen LogP contribution in [0.4, 0.5) is 5.69 Å². The molecule has 0 aliphatic carbocycles. The number of rotatable bonds is 5. The summed E-state index contributed by atoms with van der Waals surface area (Å²) in [5.41, 5.74) is 2.69. The zero-order chi connectivity index (χ0) is 23.5. The second-order valence-corrected chi connectivity index (χ2v) is 8.67. The molecule has 0 aliphatic rings. The quantitative estimate of drug-likeness (QED) is 0.284. The summed E-state index contributed by atoms with van der Waals surface area (Å²) in [7, 11) is 0. The second kappa shape index (κ2) is 9.97. The molecule has 0 fully saturated rings. The molecular formula is C23H16Cl3N3O3S. The highest BCUT2D eigenvalue weighted by Crippen LogP contribution is 2.29. The van der Waals surface area contributed by atoms with E-state index in [1.165, 1.54) is 6.07 Å². The molecule has 4 rings (SSSR count). The summed E-state index contributed by atoms with van der Waals surface area (Å²) in [4.78, 5) is 17.0. The van der Waals surface area contributed by atoms with Crippen LogP contribution in [0, 0.1) is 0 Å². The van der Waals surface area contributed by atoms with Gasteiger partial charge in [-0.05, 0) is 79.8 Å². The maximum absolute atomic E-state index is 12.5. The number of benzene rings is 3. The van der Waals surface area contributed by atoms with Gasteiger partial charge in [-0.15, -0.1) is 0 Å². The normalized spacial score (nSPS) is 11.8. The van der Waals surface area contributed by atoms with Gasteiger partial charge >= 0.3 is 0 Å². The molecule has 1 unspecified atom stereocenters. The van der Waals surface area contributed by atoms with Gasteiger partial charge in [0.2, 0.25) is 5.89 Å². The van der Waals surface area contributed by atoms with Gasteiger partial charge in [-0.1, -0.05) is 34.8 Å². The third-order valence-electron chi connectivity index (χ3n) is 4.54. The maximum atomic E-state index is 12.5. The zero-order valence-corrected chi connectivity index (χ0v) is 20.1. The number of aromatic nitrogens is 1. The van der Waals surface area contributed by atoms with Crippen molar-refractivity contribution < 1.29 is 13.9 Å². The summed E-state index contributed by atoms with van der Waals surface area (Å²) in [5, 5.41) is 7.08. The lowest BCUT2D eigenvalue weighted by Gasteiger charge is -2.16. The Bertz CT molecular complexity index is 1340. The smallest absolute Gasteiger partial charge is 0.266 e. The predicted octanol–water partition coefficient (Wildman–Crippen LogP) is 6.74. The number of carbonyl (C=O) groups excluding carboxylic acids is 1. The molecular weight excluding hydrogens is 505 g/mol. The molecule has 0 aliphatic heterocycles. The summed E-state index contributed by atoms with van der Waals surface area (Å²) >= 11 is 23.2. The molecule has 1 amide bonds. The second-order valence-electron chi connectivity index (χ2n) is 6.99. The summed E-state index contributed by atoms with van der Waals surface area (Å²) in [6, 6.07) is 17.3. The number of carbonyl (C=O) groups is 1. The molecule has 168 valence electrons. The van der Waals surface area contributed by atoms with E-state index in [1.807, 2.05) is 12.1 Å². The molecule has 1 atom stereocenters. The lowest BCUT2D eigenvalue weighted by atomic mass is 10.2. The van der Waals surface area contributed by atoms with Gasteiger partial charge < -0.3 is 14.5 Å². The number of oxazole rings is 1. The highest BCUT2D eigenvalue weighted by Gasteiger charge is 2.18. The summed E-state index contributed by atoms with van der Waals surface area (Å²) in [5.74, 6) is 0.378. The molecule has 2 N–H and O–H groups in total. The van der Waals surface area contributed by atoms with E-state index < -0.39 is 12.0 Å². The van der Waals surface area contributed by atoms with E-state index in [0.29, 0.717) is 43.5 Å². The molecule has 0 spiro atoms. The molecule has 0 radical (unpaired) electrons.